The van der Waals surface area contributed by atoms with E-state index in [1.54, 1.807) is 12.1 Å². The summed E-state index contributed by atoms with van der Waals surface area (Å²) in [7, 11) is 1.89. The molecule has 0 atom stereocenters. The van der Waals surface area contributed by atoms with Gasteiger partial charge in [-0.25, -0.2) is 0 Å². The summed E-state index contributed by atoms with van der Waals surface area (Å²) >= 11 is 6.01. The molecule has 0 radical (unpaired) electrons. The maximum Gasteiger partial charge on any atom is 0.238 e. The highest BCUT2D eigenvalue weighted by molar-refractivity contribution is 6.33. The molecule has 1 amide bonds. The van der Waals surface area contributed by atoms with Crippen molar-refractivity contribution in [3.05, 3.63) is 59.1 Å². The Bertz CT molecular complexity index is 613. The van der Waals surface area contributed by atoms with Crippen molar-refractivity contribution in [2.45, 2.75) is 6.54 Å². The van der Waals surface area contributed by atoms with E-state index >= 15 is 0 Å². The van der Waals surface area contributed by atoms with Gasteiger partial charge in [-0.2, -0.15) is 0 Å². The molecular formula is C16H18ClN3O. The van der Waals surface area contributed by atoms with Crippen LogP contribution in [0.25, 0.3) is 0 Å². The van der Waals surface area contributed by atoms with E-state index in [4.69, 9.17) is 17.3 Å². The Hall–Kier alpha value is -2.04. The fourth-order valence-corrected chi connectivity index (χ4v) is 2.17. The topological polar surface area (TPSA) is 58.4 Å². The number of carbonyl (C=O) groups is 1. The standard InChI is InChI=1S/C16H18ClN3O/c1-20(10-12-6-8-13(18)9-7-12)11-16(21)19-15-5-3-2-4-14(15)17/h2-9H,10-11,18H2,1H3,(H,19,21). The van der Waals surface area contributed by atoms with Crippen LogP contribution >= 0.6 is 11.6 Å². The van der Waals surface area contributed by atoms with Gasteiger partial charge in [0.2, 0.25) is 5.91 Å². The summed E-state index contributed by atoms with van der Waals surface area (Å²) < 4.78 is 0. The van der Waals surface area contributed by atoms with E-state index in [0.29, 0.717) is 17.3 Å². The van der Waals surface area contributed by atoms with Crippen LogP contribution in [0.15, 0.2) is 48.5 Å². The number of carbonyl (C=O) groups excluding carboxylic acids is 1. The summed E-state index contributed by atoms with van der Waals surface area (Å²) in [5.74, 6) is -0.0963. The van der Waals surface area contributed by atoms with Crippen LogP contribution in [-0.4, -0.2) is 24.4 Å². The van der Waals surface area contributed by atoms with Gasteiger partial charge >= 0.3 is 0 Å². The lowest BCUT2D eigenvalue weighted by Crippen LogP contribution is -2.29. The highest BCUT2D eigenvalue weighted by atomic mass is 35.5. The molecule has 0 aliphatic heterocycles. The zero-order chi connectivity index (χ0) is 15.2. The number of likely N-dealkylation sites (N-methyl/N-ethyl adjacent to an activating group) is 1. The van der Waals surface area contributed by atoms with Crippen LogP contribution < -0.4 is 11.1 Å². The molecule has 0 saturated carbocycles. The summed E-state index contributed by atoms with van der Waals surface area (Å²) in [6, 6.07) is 14.8. The van der Waals surface area contributed by atoms with E-state index in [0.717, 1.165) is 11.3 Å². The molecule has 0 saturated heterocycles. The fraction of sp³-hybridized carbons (Fsp3) is 0.188. The van der Waals surface area contributed by atoms with Crippen LogP contribution in [0.1, 0.15) is 5.56 Å². The number of benzene rings is 2. The third-order valence-corrected chi connectivity index (χ3v) is 3.32. The largest absolute Gasteiger partial charge is 0.399 e. The van der Waals surface area contributed by atoms with Crippen LogP contribution in [0.2, 0.25) is 5.02 Å². The molecule has 110 valence electrons. The summed E-state index contributed by atoms with van der Waals surface area (Å²) in [6.45, 7) is 0.964. The molecule has 2 aromatic rings. The molecule has 0 aliphatic rings. The Morgan fingerprint density at radius 1 is 1.19 bits per heavy atom. The van der Waals surface area contributed by atoms with Gasteiger partial charge in [0.1, 0.15) is 0 Å². The van der Waals surface area contributed by atoms with Crippen molar-refractivity contribution < 1.29 is 4.79 Å². The molecule has 2 aromatic carbocycles. The molecule has 2 rings (SSSR count). The fourth-order valence-electron chi connectivity index (χ4n) is 1.99. The maximum absolute atomic E-state index is 12.0. The Morgan fingerprint density at radius 2 is 1.86 bits per heavy atom. The number of anilines is 2. The minimum atomic E-state index is -0.0963. The molecule has 3 N–H and O–H groups in total. The number of hydrogen-bond donors (Lipinski definition) is 2. The third-order valence-electron chi connectivity index (χ3n) is 2.99. The van der Waals surface area contributed by atoms with Crippen molar-refractivity contribution >= 4 is 28.9 Å². The third kappa shape index (κ3) is 4.77. The molecular weight excluding hydrogens is 286 g/mol. The number of nitrogen functional groups attached to an aromatic ring is 1. The molecule has 0 aromatic heterocycles. The lowest BCUT2D eigenvalue weighted by molar-refractivity contribution is -0.117. The first-order chi connectivity index (χ1) is 10.0. The average molecular weight is 304 g/mol. The second-order valence-electron chi connectivity index (χ2n) is 4.94. The smallest absolute Gasteiger partial charge is 0.238 e. The van der Waals surface area contributed by atoms with Crippen molar-refractivity contribution in [1.29, 1.82) is 0 Å². The minimum Gasteiger partial charge on any atom is -0.399 e. The van der Waals surface area contributed by atoms with Crippen molar-refractivity contribution in [1.82, 2.24) is 4.90 Å². The quantitative estimate of drug-likeness (QED) is 0.835. The highest BCUT2D eigenvalue weighted by Crippen LogP contribution is 2.20. The zero-order valence-corrected chi connectivity index (χ0v) is 12.6. The lowest BCUT2D eigenvalue weighted by Gasteiger charge is -2.16. The van der Waals surface area contributed by atoms with Crippen molar-refractivity contribution in [3.8, 4) is 0 Å². The monoisotopic (exact) mass is 303 g/mol. The minimum absolute atomic E-state index is 0.0963. The Kier molecular flexibility index (Phi) is 5.20. The van der Waals surface area contributed by atoms with Gasteiger partial charge in [0.25, 0.3) is 0 Å². The number of amides is 1. The first-order valence-electron chi connectivity index (χ1n) is 6.62. The summed E-state index contributed by atoms with van der Waals surface area (Å²) in [5, 5.41) is 3.34. The normalized spacial score (nSPS) is 10.6. The molecule has 0 aliphatic carbocycles. The summed E-state index contributed by atoms with van der Waals surface area (Å²) in [6.07, 6.45) is 0. The van der Waals surface area contributed by atoms with Crippen molar-refractivity contribution in [2.24, 2.45) is 0 Å². The van der Waals surface area contributed by atoms with Gasteiger partial charge in [-0.05, 0) is 36.9 Å². The van der Waals surface area contributed by atoms with Crippen molar-refractivity contribution in [2.75, 3.05) is 24.6 Å². The molecule has 0 spiro atoms. The Morgan fingerprint density at radius 3 is 2.52 bits per heavy atom. The van der Waals surface area contributed by atoms with Gasteiger partial charge in [-0.1, -0.05) is 35.9 Å². The maximum atomic E-state index is 12.0. The predicted octanol–water partition coefficient (Wildman–Crippen LogP) is 2.99. The molecule has 21 heavy (non-hydrogen) atoms. The van der Waals surface area contributed by atoms with Crippen molar-refractivity contribution in [3.63, 3.8) is 0 Å². The van der Waals surface area contributed by atoms with Crippen LogP contribution in [0.4, 0.5) is 11.4 Å². The van der Waals surface area contributed by atoms with E-state index in [1.807, 2.05) is 48.3 Å². The van der Waals surface area contributed by atoms with Gasteiger partial charge in [0.05, 0.1) is 17.3 Å². The molecule has 0 heterocycles. The van der Waals surface area contributed by atoms with E-state index < -0.39 is 0 Å². The van der Waals surface area contributed by atoms with Gasteiger partial charge in [-0.3, -0.25) is 9.69 Å². The number of nitrogens with zero attached hydrogens (tertiary/aromatic N) is 1. The van der Waals surface area contributed by atoms with E-state index in [-0.39, 0.29) is 12.5 Å². The molecule has 4 nitrogen and oxygen atoms in total. The van der Waals surface area contributed by atoms with Crippen LogP contribution in [0, 0.1) is 0 Å². The van der Waals surface area contributed by atoms with Crippen LogP contribution in [0.3, 0.4) is 0 Å². The summed E-state index contributed by atoms with van der Waals surface area (Å²) in [4.78, 5) is 13.9. The van der Waals surface area contributed by atoms with E-state index in [1.165, 1.54) is 0 Å². The molecule has 0 bridgehead atoms. The molecule has 5 heteroatoms. The van der Waals surface area contributed by atoms with Gasteiger partial charge < -0.3 is 11.1 Å². The highest BCUT2D eigenvalue weighted by Gasteiger charge is 2.09. The second-order valence-corrected chi connectivity index (χ2v) is 5.35. The Balaban J connectivity index is 1.87. The number of nitrogens with two attached hydrogens (primary N) is 1. The van der Waals surface area contributed by atoms with E-state index in [2.05, 4.69) is 5.32 Å². The second kappa shape index (κ2) is 7.11. The lowest BCUT2D eigenvalue weighted by atomic mass is 10.2. The molecule has 0 unspecified atom stereocenters. The SMILES string of the molecule is CN(CC(=O)Nc1ccccc1Cl)Cc1ccc(N)cc1. The van der Waals surface area contributed by atoms with Gasteiger partial charge in [0, 0.05) is 12.2 Å². The number of halogens is 1. The zero-order valence-electron chi connectivity index (χ0n) is 11.8. The first kappa shape index (κ1) is 15.4. The van der Waals surface area contributed by atoms with Gasteiger partial charge in [0.15, 0.2) is 0 Å². The number of rotatable bonds is 5. The number of nitrogens with one attached hydrogen (secondary N) is 1. The van der Waals surface area contributed by atoms with Gasteiger partial charge in [-0.15, -0.1) is 0 Å². The number of hydrogen-bond acceptors (Lipinski definition) is 3. The first-order valence-corrected chi connectivity index (χ1v) is 7.00. The predicted molar refractivity (Wildman–Crippen MR) is 87.3 cm³/mol. The Labute approximate surface area is 129 Å². The molecule has 0 fully saturated rings. The summed E-state index contributed by atoms with van der Waals surface area (Å²) in [5.41, 5.74) is 8.12. The van der Waals surface area contributed by atoms with Crippen LogP contribution in [0.5, 0.6) is 0 Å². The van der Waals surface area contributed by atoms with E-state index in [9.17, 15) is 4.79 Å². The average Bonchev–Trinajstić information content (AvgIpc) is 2.44. The van der Waals surface area contributed by atoms with Crippen LogP contribution in [-0.2, 0) is 11.3 Å². The number of para-hydroxylation sites is 1.